The monoisotopic (exact) mass is 162 g/mol. The molecule has 0 aromatic carbocycles. The Morgan fingerprint density at radius 1 is 1.40 bits per heavy atom. The predicted molar refractivity (Wildman–Crippen MR) is 48.5 cm³/mol. The van der Waals surface area contributed by atoms with Crippen LogP contribution in [0.4, 0.5) is 0 Å². The van der Waals surface area contributed by atoms with E-state index in [-0.39, 0.29) is 5.44 Å². The topological polar surface area (TPSA) is 9.23 Å². The summed E-state index contributed by atoms with van der Waals surface area (Å²) in [4.78, 5) is 0. The first-order valence-corrected chi connectivity index (χ1v) is 4.48. The molecule has 0 fully saturated rings. The molecule has 0 aliphatic heterocycles. The summed E-state index contributed by atoms with van der Waals surface area (Å²) in [6.45, 7) is 7.26. The third-order valence-corrected chi connectivity index (χ3v) is 1.56. The molecule has 1 atom stereocenters. The van der Waals surface area contributed by atoms with Gasteiger partial charge >= 0.3 is 0 Å². The molecule has 0 N–H and O–H groups in total. The van der Waals surface area contributed by atoms with E-state index < -0.39 is 0 Å². The highest BCUT2D eigenvalue weighted by molar-refractivity contribution is 7.80. The first-order chi connectivity index (χ1) is 4.66. The zero-order valence-corrected chi connectivity index (χ0v) is 8.03. The predicted octanol–water partition coefficient (Wildman–Crippen LogP) is 2.72. The van der Waals surface area contributed by atoms with E-state index in [1.54, 1.807) is 0 Å². The molecule has 62 valence electrons. The van der Waals surface area contributed by atoms with Gasteiger partial charge < -0.3 is 4.74 Å². The number of hydrogen-bond acceptors (Lipinski definition) is 2. The first kappa shape index (κ1) is 10.3. The zero-order chi connectivity index (χ0) is 7.98. The molecular weight excluding hydrogens is 144 g/mol. The van der Waals surface area contributed by atoms with Crippen molar-refractivity contribution in [3.05, 3.63) is 0 Å². The highest BCUT2D eigenvalue weighted by Crippen LogP contribution is 2.07. The van der Waals surface area contributed by atoms with Crippen molar-refractivity contribution >= 4 is 12.6 Å². The van der Waals surface area contributed by atoms with Crippen LogP contribution in [0.15, 0.2) is 0 Å². The summed E-state index contributed by atoms with van der Waals surface area (Å²) in [7, 11) is 0. The van der Waals surface area contributed by atoms with Crippen molar-refractivity contribution < 1.29 is 4.74 Å². The normalized spacial score (nSPS) is 14.1. The van der Waals surface area contributed by atoms with Crippen molar-refractivity contribution in [1.29, 1.82) is 0 Å². The summed E-state index contributed by atoms with van der Waals surface area (Å²) in [6, 6.07) is 0. The summed E-state index contributed by atoms with van der Waals surface area (Å²) < 4.78 is 5.41. The second kappa shape index (κ2) is 6.05. The third-order valence-electron chi connectivity index (χ3n) is 1.16. The van der Waals surface area contributed by atoms with Crippen LogP contribution in [-0.2, 0) is 4.74 Å². The molecule has 0 saturated carbocycles. The fourth-order valence-corrected chi connectivity index (χ4v) is 0.978. The summed E-state index contributed by atoms with van der Waals surface area (Å²) in [6.07, 6.45) is 2.20. The highest BCUT2D eigenvalue weighted by Gasteiger charge is 2.01. The molecule has 0 radical (unpaired) electrons. The molecule has 0 bridgehead atoms. The number of thiol groups is 1. The second-order valence-electron chi connectivity index (χ2n) is 2.97. The summed E-state index contributed by atoms with van der Waals surface area (Å²) in [5, 5.41) is 0. The standard InChI is InChI=1S/C8H18OS/c1-4-5-8(10)9-6-7(2)3/h7-8,10H,4-6H2,1-3H3. The van der Waals surface area contributed by atoms with Gasteiger partial charge in [-0.2, -0.15) is 0 Å². The van der Waals surface area contributed by atoms with Gasteiger partial charge in [0.1, 0.15) is 0 Å². The molecule has 0 aliphatic rings. The van der Waals surface area contributed by atoms with Crippen LogP contribution in [0.3, 0.4) is 0 Å². The van der Waals surface area contributed by atoms with Crippen molar-refractivity contribution in [3.8, 4) is 0 Å². The summed E-state index contributed by atoms with van der Waals surface area (Å²) >= 11 is 4.26. The van der Waals surface area contributed by atoms with Crippen molar-refractivity contribution in [2.75, 3.05) is 6.61 Å². The van der Waals surface area contributed by atoms with E-state index in [0.717, 1.165) is 19.4 Å². The molecule has 0 aliphatic carbocycles. The molecule has 0 spiro atoms. The number of hydrogen-bond donors (Lipinski definition) is 1. The Morgan fingerprint density at radius 2 is 2.00 bits per heavy atom. The van der Waals surface area contributed by atoms with Crippen LogP contribution in [0.1, 0.15) is 33.6 Å². The largest absolute Gasteiger partial charge is 0.368 e. The van der Waals surface area contributed by atoms with Gasteiger partial charge in [-0.05, 0) is 12.3 Å². The third kappa shape index (κ3) is 6.43. The van der Waals surface area contributed by atoms with Crippen LogP contribution in [0, 0.1) is 5.92 Å². The Morgan fingerprint density at radius 3 is 2.40 bits per heavy atom. The summed E-state index contributed by atoms with van der Waals surface area (Å²) in [5.74, 6) is 0.617. The number of ether oxygens (including phenoxy) is 1. The molecule has 1 unspecified atom stereocenters. The van der Waals surface area contributed by atoms with Gasteiger partial charge in [-0.15, -0.1) is 12.6 Å². The van der Waals surface area contributed by atoms with Gasteiger partial charge in [-0.25, -0.2) is 0 Å². The van der Waals surface area contributed by atoms with Crippen LogP contribution < -0.4 is 0 Å². The SMILES string of the molecule is CCCC(S)OCC(C)C. The summed E-state index contributed by atoms with van der Waals surface area (Å²) in [5.41, 5.74) is 0.146. The van der Waals surface area contributed by atoms with Crippen molar-refractivity contribution in [2.24, 2.45) is 5.92 Å². The van der Waals surface area contributed by atoms with Crippen LogP contribution >= 0.6 is 12.6 Å². The van der Waals surface area contributed by atoms with Crippen molar-refractivity contribution in [2.45, 2.75) is 39.0 Å². The molecule has 10 heavy (non-hydrogen) atoms. The average molecular weight is 162 g/mol. The Hall–Kier alpha value is 0.310. The van der Waals surface area contributed by atoms with E-state index in [1.165, 1.54) is 0 Å². The van der Waals surface area contributed by atoms with Crippen molar-refractivity contribution in [1.82, 2.24) is 0 Å². The molecule has 1 nitrogen and oxygen atoms in total. The Kier molecular flexibility index (Phi) is 6.24. The van der Waals surface area contributed by atoms with Gasteiger partial charge in [0.05, 0.1) is 12.0 Å². The Bertz CT molecular complexity index is 73.7. The van der Waals surface area contributed by atoms with E-state index >= 15 is 0 Å². The maximum atomic E-state index is 5.41. The lowest BCUT2D eigenvalue weighted by Gasteiger charge is -2.12. The molecule has 0 aromatic rings. The molecular formula is C8H18OS. The Balaban J connectivity index is 3.12. The van der Waals surface area contributed by atoms with Crippen LogP contribution in [-0.4, -0.2) is 12.0 Å². The van der Waals surface area contributed by atoms with Gasteiger partial charge in [0, 0.05) is 0 Å². The second-order valence-corrected chi connectivity index (χ2v) is 3.55. The molecule has 0 aromatic heterocycles. The maximum absolute atomic E-state index is 5.41. The van der Waals surface area contributed by atoms with Gasteiger partial charge in [-0.3, -0.25) is 0 Å². The fourth-order valence-electron chi connectivity index (χ4n) is 0.634. The van der Waals surface area contributed by atoms with Gasteiger partial charge in [0.25, 0.3) is 0 Å². The Labute approximate surface area is 69.6 Å². The molecule has 0 saturated heterocycles. The minimum atomic E-state index is 0.146. The van der Waals surface area contributed by atoms with Gasteiger partial charge in [0.15, 0.2) is 0 Å². The van der Waals surface area contributed by atoms with Crippen LogP contribution in [0.25, 0.3) is 0 Å². The van der Waals surface area contributed by atoms with E-state index in [1.807, 2.05) is 0 Å². The van der Waals surface area contributed by atoms with Crippen LogP contribution in [0.2, 0.25) is 0 Å². The zero-order valence-electron chi connectivity index (χ0n) is 7.13. The maximum Gasteiger partial charge on any atom is 0.0999 e. The minimum Gasteiger partial charge on any atom is -0.368 e. The minimum absolute atomic E-state index is 0.146. The lowest BCUT2D eigenvalue weighted by Crippen LogP contribution is -2.09. The van der Waals surface area contributed by atoms with E-state index in [0.29, 0.717) is 5.92 Å². The van der Waals surface area contributed by atoms with E-state index in [2.05, 4.69) is 33.4 Å². The number of rotatable bonds is 5. The quantitative estimate of drug-likeness (QED) is 0.483. The average Bonchev–Trinajstić information content (AvgIpc) is 1.85. The lowest BCUT2D eigenvalue weighted by molar-refractivity contribution is 0.0860. The first-order valence-electron chi connectivity index (χ1n) is 3.96. The fraction of sp³-hybridized carbons (Fsp3) is 1.00. The molecule has 2 heteroatoms. The van der Waals surface area contributed by atoms with Gasteiger partial charge in [-0.1, -0.05) is 27.2 Å². The van der Waals surface area contributed by atoms with E-state index in [4.69, 9.17) is 4.74 Å². The molecule has 0 heterocycles. The molecule has 0 amide bonds. The lowest BCUT2D eigenvalue weighted by atomic mass is 10.2. The highest BCUT2D eigenvalue weighted by atomic mass is 32.1. The molecule has 0 rings (SSSR count). The van der Waals surface area contributed by atoms with Gasteiger partial charge in [0.2, 0.25) is 0 Å². The smallest absolute Gasteiger partial charge is 0.0999 e. The van der Waals surface area contributed by atoms with Crippen molar-refractivity contribution in [3.63, 3.8) is 0 Å². The van der Waals surface area contributed by atoms with E-state index in [9.17, 15) is 0 Å². The van der Waals surface area contributed by atoms with Crippen LogP contribution in [0.5, 0.6) is 0 Å².